The first-order chi connectivity index (χ1) is 14.5. The van der Waals surface area contributed by atoms with Crippen LogP contribution >= 0.6 is 33.9 Å². The summed E-state index contributed by atoms with van der Waals surface area (Å²) in [6.07, 6.45) is 7.55. The molecule has 2 heterocycles. The minimum absolute atomic E-state index is 0.0288. The number of nitrogens with zero attached hydrogens (tertiary/aromatic N) is 2. The van der Waals surface area contributed by atoms with E-state index in [4.69, 9.17) is 0 Å². The molecule has 1 aliphatic carbocycles. The third-order valence-corrected chi connectivity index (χ3v) is 7.21. The van der Waals surface area contributed by atoms with E-state index in [2.05, 4.69) is 28.7 Å². The number of thiophene rings is 1. The average Bonchev–Trinajstić information content (AvgIpc) is 3.39. The Hall–Kier alpha value is -2.00. The number of hydrogen-bond acceptors (Lipinski definition) is 4. The van der Waals surface area contributed by atoms with E-state index in [1.165, 1.54) is 34.7 Å². The van der Waals surface area contributed by atoms with E-state index in [0.717, 1.165) is 22.8 Å². The summed E-state index contributed by atoms with van der Waals surface area (Å²) in [5.74, 6) is -0.743. The Kier molecular flexibility index (Phi) is 6.67. The van der Waals surface area contributed by atoms with Gasteiger partial charge in [0.15, 0.2) is 0 Å². The van der Waals surface area contributed by atoms with Gasteiger partial charge in [-0.25, -0.2) is 4.90 Å². The molecule has 0 bridgehead atoms. The summed E-state index contributed by atoms with van der Waals surface area (Å²) in [7, 11) is 0. The van der Waals surface area contributed by atoms with Crippen LogP contribution in [0, 0.1) is 3.57 Å². The predicted octanol–water partition coefficient (Wildman–Crippen LogP) is 5.02. The maximum Gasteiger partial charge on any atom is 0.264 e. The Morgan fingerprint density at radius 3 is 2.63 bits per heavy atom. The molecule has 7 heteroatoms. The molecule has 2 aliphatic rings. The molecule has 0 N–H and O–H groups in total. The van der Waals surface area contributed by atoms with Crippen molar-refractivity contribution in [3.63, 3.8) is 0 Å². The van der Waals surface area contributed by atoms with Gasteiger partial charge in [0.25, 0.3) is 11.8 Å². The Morgan fingerprint density at radius 2 is 1.97 bits per heavy atom. The molecule has 1 unspecified atom stereocenters. The second-order valence-corrected chi connectivity index (χ2v) is 9.79. The number of hydrogen-bond donors (Lipinski definition) is 0. The van der Waals surface area contributed by atoms with E-state index in [9.17, 15) is 14.4 Å². The smallest absolute Gasteiger partial charge is 0.264 e. The zero-order chi connectivity index (χ0) is 21.1. The summed E-state index contributed by atoms with van der Waals surface area (Å²) in [4.78, 5) is 42.7. The van der Waals surface area contributed by atoms with Crippen molar-refractivity contribution in [1.29, 1.82) is 0 Å². The molecule has 4 rings (SSSR count). The molecule has 2 aromatic rings. The van der Waals surface area contributed by atoms with Gasteiger partial charge < -0.3 is 4.90 Å². The summed E-state index contributed by atoms with van der Waals surface area (Å²) in [6, 6.07) is 10.1. The fourth-order valence-corrected chi connectivity index (χ4v) is 5.10. The van der Waals surface area contributed by atoms with Gasteiger partial charge in [-0.2, -0.15) is 0 Å². The summed E-state index contributed by atoms with van der Waals surface area (Å²) in [5, 5.41) is 1.86. The van der Waals surface area contributed by atoms with Crippen LogP contribution in [0.2, 0.25) is 0 Å². The third-order valence-electron chi connectivity index (χ3n) is 5.64. The van der Waals surface area contributed by atoms with Crippen molar-refractivity contribution in [1.82, 2.24) is 4.90 Å². The number of allylic oxidation sites excluding steroid dienone is 1. The van der Waals surface area contributed by atoms with Crippen LogP contribution in [-0.4, -0.2) is 35.2 Å². The molecule has 1 saturated heterocycles. The summed E-state index contributed by atoms with van der Waals surface area (Å²) in [5.41, 5.74) is 1.91. The molecular weight excluding hydrogens is 511 g/mol. The molecule has 1 aromatic carbocycles. The minimum atomic E-state index is -0.754. The first kappa shape index (κ1) is 21.2. The van der Waals surface area contributed by atoms with Crippen LogP contribution in [0.15, 0.2) is 53.4 Å². The van der Waals surface area contributed by atoms with E-state index < -0.39 is 6.04 Å². The molecule has 1 aromatic heterocycles. The van der Waals surface area contributed by atoms with Crippen LogP contribution in [0.5, 0.6) is 0 Å². The highest BCUT2D eigenvalue weighted by Crippen LogP contribution is 2.29. The fourth-order valence-electron chi connectivity index (χ4n) is 4.06. The third kappa shape index (κ3) is 4.51. The standard InChI is InChI=1S/C23H23IN2O3S/c24-17-8-10-18(11-9-17)26-21(27)15-19(22(26)28)25(23(29)20-7-4-14-30-20)13-12-16-5-2-1-3-6-16/h4-5,7-11,14,19H,1-3,6,12-13,15H2. The molecule has 0 saturated carbocycles. The SMILES string of the molecule is O=C1CC(N(CCC2=CCCCC2)C(=O)c2cccs2)C(=O)N1c1ccc(I)cc1. The number of carbonyl (C=O) groups excluding carboxylic acids is 3. The Labute approximate surface area is 193 Å². The van der Waals surface area contributed by atoms with E-state index in [1.54, 1.807) is 23.1 Å². The Bertz CT molecular complexity index is 969. The van der Waals surface area contributed by atoms with Crippen molar-refractivity contribution in [3.05, 3.63) is 61.9 Å². The molecule has 3 amide bonds. The van der Waals surface area contributed by atoms with Gasteiger partial charge in [0.2, 0.25) is 5.91 Å². The summed E-state index contributed by atoms with van der Waals surface area (Å²) in [6.45, 7) is 0.451. The highest BCUT2D eigenvalue weighted by atomic mass is 127. The first-order valence-electron chi connectivity index (χ1n) is 10.2. The predicted molar refractivity (Wildman–Crippen MR) is 127 cm³/mol. The minimum Gasteiger partial charge on any atom is -0.325 e. The zero-order valence-corrected chi connectivity index (χ0v) is 19.5. The second-order valence-electron chi connectivity index (χ2n) is 7.60. The number of imide groups is 1. The first-order valence-corrected chi connectivity index (χ1v) is 12.1. The molecular formula is C23H23IN2O3S. The lowest BCUT2D eigenvalue weighted by Crippen LogP contribution is -2.46. The maximum atomic E-state index is 13.3. The van der Waals surface area contributed by atoms with E-state index in [0.29, 0.717) is 17.1 Å². The fraction of sp³-hybridized carbons (Fsp3) is 0.348. The molecule has 1 fully saturated rings. The number of amides is 3. The van der Waals surface area contributed by atoms with Crippen molar-refractivity contribution in [2.75, 3.05) is 11.4 Å². The van der Waals surface area contributed by atoms with E-state index in [-0.39, 0.29) is 24.1 Å². The number of benzene rings is 1. The van der Waals surface area contributed by atoms with Gasteiger partial charge in [0.05, 0.1) is 17.0 Å². The van der Waals surface area contributed by atoms with Crippen LogP contribution < -0.4 is 4.90 Å². The summed E-state index contributed by atoms with van der Waals surface area (Å²) >= 11 is 3.55. The maximum absolute atomic E-state index is 13.3. The molecule has 1 atom stereocenters. The lowest BCUT2D eigenvalue weighted by Gasteiger charge is -2.28. The van der Waals surface area contributed by atoms with Crippen molar-refractivity contribution in [2.45, 2.75) is 44.6 Å². The summed E-state index contributed by atoms with van der Waals surface area (Å²) < 4.78 is 1.03. The average molecular weight is 534 g/mol. The Morgan fingerprint density at radius 1 is 1.17 bits per heavy atom. The Balaban J connectivity index is 1.58. The van der Waals surface area contributed by atoms with Gasteiger partial charge in [-0.3, -0.25) is 14.4 Å². The molecule has 0 radical (unpaired) electrons. The van der Waals surface area contributed by atoms with Crippen LogP contribution in [0.25, 0.3) is 0 Å². The quantitative estimate of drug-likeness (QED) is 0.297. The molecule has 30 heavy (non-hydrogen) atoms. The van der Waals surface area contributed by atoms with Gasteiger partial charge in [-0.15, -0.1) is 11.3 Å². The molecule has 1 aliphatic heterocycles. The lowest BCUT2D eigenvalue weighted by molar-refractivity contribution is -0.122. The van der Waals surface area contributed by atoms with Gasteiger partial charge in [0, 0.05) is 10.1 Å². The van der Waals surface area contributed by atoms with E-state index in [1.807, 2.05) is 23.6 Å². The highest BCUT2D eigenvalue weighted by molar-refractivity contribution is 14.1. The van der Waals surface area contributed by atoms with Gasteiger partial charge >= 0.3 is 0 Å². The van der Waals surface area contributed by atoms with Crippen LogP contribution in [0.1, 0.15) is 48.2 Å². The number of carbonyl (C=O) groups is 3. The van der Waals surface area contributed by atoms with E-state index >= 15 is 0 Å². The van der Waals surface area contributed by atoms with Crippen LogP contribution in [0.3, 0.4) is 0 Å². The lowest BCUT2D eigenvalue weighted by atomic mass is 9.97. The van der Waals surface area contributed by atoms with Crippen molar-refractivity contribution < 1.29 is 14.4 Å². The van der Waals surface area contributed by atoms with Gasteiger partial charge in [0.1, 0.15) is 6.04 Å². The number of anilines is 1. The largest absolute Gasteiger partial charge is 0.325 e. The van der Waals surface area contributed by atoms with Crippen molar-refractivity contribution >= 4 is 57.3 Å². The van der Waals surface area contributed by atoms with Crippen molar-refractivity contribution in [2.24, 2.45) is 0 Å². The van der Waals surface area contributed by atoms with Gasteiger partial charge in [-0.1, -0.05) is 17.7 Å². The number of rotatable bonds is 6. The molecule has 156 valence electrons. The normalized spacial score (nSPS) is 19.2. The molecule has 0 spiro atoms. The molecule has 5 nitrogen and oxygen atoms in total. The van der Waals surface area contributed by atoms with Crippen LogP contribution in [0.4, 0.5) is 5.69 Å². The van der Waals surface area contributed by atoms with Crippen molar-refractivity contribution in [3.8, 4) is 0 Å². The topological polar surface area (TPSA) is 57.7 Å². The monoisotopic (exact) mass is 534 g/mol. The second kappa shape index (κ2) is 9.43. The van der Waals surface area contributed by atoms with Crippen LogP contribution in [-0.2, 0) is 9.59 Å². The van der Waals surface area contributed by atoms with Gasteiger partial charge in [-0.05, 0) is 90.4 Å². The highest BCUT2D eigenvalue weighted by Gasteiger charge is 2.44. The number of halogens is 1. The zero-order valence-electron chi connectivity index (χ0n) is 16.6.